The van der Waals surface area contributed by atoms with Crippen LogP contribution in [0.25, 0.3) is 0 Å². The Morgan fingerprint density at radius 3 is 2.32 bits per heavy atom. The second kappa shape index (κ2) is 6.56. The summed E-state index contributed by atoms with van der Waals surface area (Å²) in [6, 6.07) is 6.72. The van der Waals surface area contributed by atoms with Gasteiger partial charge in [0.15, 0.2) is 0 Å². The molecule has 0 bridgehead atoms. The molecule has 1 amide bonds. The summed E-state index contributed by atoms with van der Waals surface area (Å²) in [5.41, 5.74) is 1.24. The Bertz CT molecular complexity index is 523. The molecule has 5 nitrogen and oxygen atoms in total. The predicted octanol–water partition coefficient (Wildman–Crippen LogP) is 2.21. The van der Waals surface area contributed by atoms with Crippen LogP contribution in [0.5, 0.6) is 0 Å². The lowest BCUT2D eigenvalue weighted by molar-refractivity contribution is -0.116. The minimum absolute atomic E-state index is 0.0222. The van der Waals surface area contributed by atoms with Crippen LogP contribution in [0.2, 0.25) is 0 Å². The van der Waals surface area contributed by atoms with Gasteiger partial charge in [-0.2, -0.15) is 0 Å². The monoisotopic (exact) mass is 284 g/mol. The lowest BCUT2D eigenvalue weighted by Gasteiger charge is -2.16. The summed E-state index contributed by atoms with van der Waals surface area (Å²) < 4.78 is 23.9. The van der Waals surface area contributed by atoms with Gasteiger partial charge in [-0.05, 0) is 30.7 Å². The molecule has 0 heterocycles. The van der Waals surface area contributed by atoms with Crippen molar-refractivity contribution in [2.75, 3.05) is 22.9 Å². The van der Waals surface area contributed by atoms with Gasteiger partial charge < -0.3 is 5.32 Å². The zero-order valence-electron chi connectivity index (χ0n) is 11.5. The molecule has 0 saturated heterocycles. The average Bonchev–Trinajstić information content (AvgIpc) is 2.35. The molecule has 1 rings (SSSR count). The summed E-state index contributed by atoms with van der Waals surface area (Å²) in [6.07, 6.45) is 3.49. The van der Waals surface area contributed by atoms with Crippen molar-refractivity contribution in [3.05, 3.63) is 24.3 Å². The fourth-order valence-electron chi connectivity index (χ4n) is 1.51. The Morgan fingerprint density at radius 1 is 1.26 bits per heavy atom. The minimum atomic E-state index is -3.26. The maximum Gasteiger partial charge on any atom is 0.231 e. The van der Waals surface area contributed by atoms with Crippen molar-refractivity contribution in [3.8, 4) is 0 Å². The van der Waals surface area contributed by atoms with Gasteiger partial charge in [0.1, 0.15) is 0 Å². The third-order valence-electron chi connectivity index (χ3n) is 2.77. The third-order valence-corrected chi connectivity index (χ3v) is 3.98. The highest BCUT2D eigenvalue weighted by molar-refractivity contribution is 7.92. The molecule has 0 spiro atoms. The molecule has 0 aliphatic carbocycles. The Balaban J connectivity index is 2.69. The number of rotatable bonds is 6. The van der Waals surface area contributed by atoms with Gasteiger partial charge in [-0.3, -0.25) is 9.10 Å². The fraction of sp³-hybridized carbons (Fsp3) is 0.462. The number of hydrogen-bond donors (Lipinski definition) is 1. The molecule has 0 radical (unpaired) electrons. The summed E-state index contributed by atoms with van der Waals surface area (Å²) in [6.45, 7) is 2.03. The van der Waals surface area contributed by atoms with Gasteiger partial charge in [0.2, 0.25) is 15.9 Å². The third kappa shape index (κ3) is 4.90. The van der Waals surface area contributed by atoms with E-state index in [1.165, 1.54) is 11.4 Å². The maximum absolute atomic E-state index is 11.5. The first-order chi connectivity index (χ1) is 8.84. The van der Waals surface area contributed by atoms with E-state index >= 15 is 0 Å². The van der Waals surface area contributed by atoms with E-state index in [-0.39, 0.29) is 5.91 Å². The quantitative estimate of drug-likeness (QED) is 0.871. The molecule has 0 aliphatic heterocycles. The Kier molecular flexibility index (Phi) is 5.35. The van der Waals surface area contributed by atoms with Crippen LogP contribution in [0.15, 0.2) is 24.3 Å². The van der Waals surface area contributed by atoms with Gasteiger partial charge in [-0.1, -0.05) is 13.3 Å². The van der Waals surface area contributed by atoms with E-state index in [9.17, 15) is 13.2 Å². The summed E-state index contributed by atoms with van der Waals surface area (Å²) in [5, 5.41) is 2.77. The molecule has 106 valence electrons. The summed E-state index contributed by atoms with van der Waals surface area (Å²) >= 11 is 0. The Hall–Kier alpha value is -1.56. The second-order valence-electron chi connectivity index (χ2n) is 4.43. The lowest BCUT2D eigenvalue weighted by Crippen LogP contribution is -2.24. The van der Waals surface area contributed by atoms with Gasteiger partial charge in [0, 0.05) is 19.2 Å². The minimum Gasteiger partial charge on any atom is -0.326 e. The fourth-order valence-corrected chi connectivity index (χ4v) is 2.01. The van der Waals surface area contributed by atoms with Crippen molar-refractivity contribution in [1.82, 2.24) is 0 Å². The number of hydrogen-bond acceptors (Lipinski definition) is 3. The van der Waals surface area contributed by atoms with Gasteiger partial charge in [0.25, 0.3) is 0 Å². The van der Waals surface area contributed by atoms with Crippen molar-refractivity contribution in [3.63, 3.8) is 0 Å². The number of nitrogens with zero attached hydrogens (tertiary/aromatic N) is 1. The van der Waals surface area contributed by atoms with Gasteiger partial charge in [-0.15, -0.1) is 0 Å². The molecule has 19 heavy (non-hydrogen) atoms. The topological polar surface area (TPSA) is 66.5 Å². The van der Waals surface area contributed by atoms with E-state index in [1.54, 1.807) is 24.3 Å². The molecule has 1 N–H and O–H groups in total. The number of unbranched alkanes of at least 4 members (excludes halogenated alkanes) is 1. The van der Waals surface area contributed by atoms with Crippen molar-refractivity contribution >= 4 is 27.3 Å². The van der Waals surface area contributed by atoms with Crippen LogP contribution < -0.4 is 9.62 Å². The van der Waals surface area contributed by atoms with Crippen LogP contribution in [-0.4, -0.2) is 27.6 Å². The van der Waals surface area contributed by atoms with Gasteiger partial charge >= 0.3 is 0 Å². The molecular weight excluding hydrogens is 264 g/mol. The normalized spacial score (nSPS) is 11.1. The molecule has 0 atom stereocenters. The molecule has 6 heteroatoms. The van der Waals surface area contributed by atoms with Crippen LogP contribution in [0.1, 0.15) is 26.2 Å². The second-order valence-corrected chi connectivity index (χ2v) is 6.44. The standard InChI is InChI=1S/C13H20N2O3S/c1-4-5-6-13(16)14-11-7-9-12(10-8-11)15(2)19(3,17)18/h7-10H,4-6H2,1-3H3,(H,14,16). The molecule has 1 aromatic carbocycles. The zero-order chi connectivity index (χ0) is 14.5. The summed E-state index contributed by atoms with van der Waals surface area (Å²) in [5.74, 6) is -0.0222. The van der Waals surface area contributed by atoms with E-state index in [2.05, 4.69) is 5.32 Å². The SMILES string of the molecule is CCCCC(=O)Nc1ccc(N(C)S(C)(=O)=O)cc1. The Morgan fingerprint density at radius 2 is 1.84 bits per heavy atom. The van der Waals surface area contributed by atoms with Crippen molar-refractivity contribution in [1.29, 1.82) is 0 Å². The van der Waals surface area contributed by atoms with E-state index < -0.39 is 10.0 Å². The summed E-state index contributed by atoms with van der Waals surface area (Å²) in [7, 11) is -1.77. The lowest BCUT2D eigenvalue weighted by atomic mass is 10.2. The first-order valence-electron chi connectivity index (χ1n) is 6.18. The number of nitrogens with one attached hydrogen (secondary N) is 1. The van der Waals surface area contributed by atoms with Crippen molar-refractivity contribution < 1.29 is 13.2 Å². The van der Waals surface area contributed by atoms with Crippen LogP contribution in [0.3, 0.4) is 0 Å². The first kappa shape index (κ1) is 15.5. The maximum atomic E-state index is 11.5. The van der Waals surface area contributed by atoms with E-state index in [0.29, 0.717) is 17.8 Å². The molecule has 0 aliphatic rings. The van der Waals surface area contributed by atoms with Crippen molar-refractivity contribution in [2.24, 2.45) is 0 Å². The van der Waals surface area contributed by atoms with E-state index in [4.69, 9.17) is 0 Å². The largest absolute Gasteiger partial charge is 0.326 e. The van der Waals surface area contributed by atoms with Gasteiger partial charge in [0.05, 0.1) is 11.9 Å². The van der Waals surface area contributed by atoms with Crippen LogP contribution in [0, 0.1) is 0 Å². The van der Waals surface area contributed by atoms with E-state index in [1.807, 2.05) is 6.92 Å². The van der Waals surface area contributed by atoms with Crippen LogP contribution >= 0.6 is 0 Å². The molecule has 0 saturated carbocycles. The number of sulfonamides is 1. The van der Waals surface area contributed by atoms with Crippen LogP contribution in [0.4, 0.5) is 11.4 Å². The molecule has 0 fully saturated rings. The number of anilines is 2. The Labute approximate surface area is 114 Å². The zero-order valence-corrected chi connectivity index (χ0v) is 12.3. The average molecular weight is 284 g/mol. The highest BCUT2D eigenvalue weighted by atomic mass is 32.2. The van der Waals surface area contributed by atoms with E-state index in [0.717, 1.165) is 19.1 Å². The molecule has 1 aromatic rings. The number of benzene rings is 1. The molecular formula is C13H20N2O3S. The number of carbonyl (C=O) groups excluding carboxylic acids is 1. The molecule has 0 unspecified atom stereocenters. The highest BCUT2D eigenvalue weighted by Crippen LogP contribution is 2.18. The highest BCUT2D eigenvalue weighted by Gasteiger charge is 2.11. The van der Waals surface area contributed by atoms with Crippen LogP contribution in [-0.2, 0) is 14.8 Å². The van der Waals surface area contributed by atoms with Gasteiger partial charge in [-0.25, -0.2) is 8.42 Å². The summed E-state index contributed by atoms with van der Waals surface area (Å²) in [4.78, 5) is 11.5. The van der Waals surface area contributed by atoms with Crippen molar-refractivity contribution in [2.45, 2.75) is 26.2 Å². The number of amides is 1. The number of carbonyl (C=O) groups is 1. The smallest absolute Gasteiger partial charge is 0.231 e. The first-order valence-corrected chi connectivity index (χ1v) is 8.03. The predicted molar refractivity (Wildman–Crippen MR) is 77.8 cm³/mol. The molecule has 0 aromatic heterocycles.